The zero-order chi connectivity index (χ0) is 27.1. The number of rotatable bonds is 5. The number of pyridine rings is 1. The third-order valence-electron chi connectivity index (χ3n) is 7.19. The first-order chi connectivity index (χ1) is 18.1. The molecule has 0 bridgehead atoms. The van der Waals surface area contributed by atoms with E-state index in [1.54, 1.807) is 23.9 Å². The van der Waals surface area contributed by atoms with Gasteiger partial charge in [0.15, 0.2) is 0 Å². The van der Waals surface area contributed by atoms with Crippen LogP contribution in [0.15, 0.2) is 47.4 Å². The summed E-state index contributed by atoms with van der Waals surface area (Å²) in [6, 6.07) is 10.8. The van der Waals surface area contributed by atoms with Crippen LogP contribution in [0.25, 0.3) is 21.2 Å². The number of ether oxygens (including phenoxy) is 1. The van der Waals surface area contributed by atoms with Crippen LogP contribution in [0.2, 0.25) is 0 Å². The fraction of sp³-hybridized carbons (Fsp3) is 0.333. The summed E-state index contributed by atoms with van der Waals surface area (Å²) in [5, 5.41) is 3.64. The van der Waals surface area contributed by atoms with Gasteiger partial charge in [-0.15, -0.1) is 11.3 Å². The number of hydrogen-bond donors (Lipinski definition) is 2. The first-order valence-electron chi connectivity index (χ1n) is 12.9. The average molecular weight is 534 g/mol. The number of halogens is 1. The number of carbonyl (C=O) groups excluding carboxylic acids is 1. The number of fused-ring (bicyclic) bond motifs is 1. The third-order valence-corrected chi connectivity index (χ3v) is 8.36. The van der Waals surface area contributed by atoms with E-state index < -0.39 is 0 Å². The molecule has 2 heterocycles. The molecule has 198 valence electrons. The van der Waals surface area contributed by atoms with Crippen molar-refractivity contribution in [2.24, 2.45) is 12.8 Å². The second-order valence-corrected chi connectivity index (χ2v) is 11.5. The van der Waals surface area contributed by atoms with Gasteiger partial charge in [0.25, 0.3) is 11.5 Å². The van der Waals surface area contributed by atoms with Gasteiger partial charge in [-0.05, 0) is 99.0 Å². The van der Waals surface area contributed by atoms with Gasteiger partial charge in [-0.1, -0.05) is 6.07 Å². The second-order valence-electron chi connectivity index (χ2n) is 10.4. The lowest BCUT2D eigenvalue weighted by Gasteiger charge is -2.26. The molecular weight excluding hydrogens is 501 g/mol. The summed E-state index contributed by atoms with van der Waals surface area (Å²) in [7, 11) is 1.71. The lowest BCUT2D eigenvalue weighted by molar-refractivity contribution is 0.0930. The van der Waals surface area contributed by atoms with Crippen molar-refractivity contribution in [2.75, 3.05) is 0 Å². The Bertz CT molecular complexity index is 1580. The Labute approximate surface area is 225 Å². The van der Waals surface area contributed by atoms with Gasteiger partial charge in [0, 0.05) is 35.6 Å². The predicted octanol–water partition coefficient (Wildman–Crippen LogP) is 6.12. The number of nitrogens with two attached hydrogens (primary N) is 1. The highest BCUT2D eigenvalue weighted by Crippen LogP contribution is 2.37. The number of aryl methyl sites for hydroxylation is 4. The zero-order valence-corrected chi connectivity index (χ0v) is 22.9. The Morgan fingerprint density at radius 2 is 1.74 bits per heavy atom. The van der Waals surface area contributed by atoms with Crippen molar-refractivity contribution < 1.29 is 13.9 Å². The van der Waals surface area contributed by atoms with E-state index in [1.807, 2.05) is 39.0 Å². The third kappa shape index (κ3) is 5.24. The Hall–Kier alpha value is -3.49. The molecule has 38 heavy (non-hydrogen) atoms. The van der Waals surface area contributed by atoms with Crippen molar-refractivity contribution in [3.8, 4) is 22.6 Å². The number of nitrogens with one attached hydrogen (secondary N) is 1. The van der Waals surface area contributed by atoms with E-state index in [0.717, 1.165) is 47.1 Å². The van der Waals surface area contributed by atoms with Crippen molar-refractivity contribution in [2.45, 2.75) is 58.5 Å². The van der Waals surface area contributed by atoms with E-state index in [-0.39, 0.29) is 29.4 Å². The lowest BCUT2D eigenvalue weighted by atomic mass is 9.92. The smallest absolute Gasteiger partial charge is 0.261 e. The molecule has 0 atom stereocenters. The maximum absolute atomic E-state index is 13.8. The average Bonchev–Trinajstić information content (AvgIpc) is 3.31. The monoisotopic (exact) mass is 533 g/mol. The summed E-state index contributed by atoms with van der Waals surface area (Å²) in [6.07, 6.45) is 5.33. The summed E-state index contributed by atoms with van der Waals surface area (Å²) in [5.74, 6) is 0.779. The molecule has 1 aliphatic rings. The van der Waals surface area contributed by atoms with E-state index in [0.29, 0.717) is 32.9 Å². The van der Waals surface area contributed by atoms with Gasteiger partial charge in [-0.25, -0.2) is 4.39 Å². The number of carbonyl (C=O) groups is 1. The molecule has 4 aromatic rings. The van der Waals surface area contributed by atoms with Crippen LogP contribution < -0.4 is 21.3 Å². The highest BCUT2D eigenvalue weighted by atomic mass is 32.1. The Morgan fingerprint density at radius 1 is 1.05 bits per heavy atom. The van der Waals surface area contributed by atoms with Gasteiger partial charge in [0.05, 0.1) is 10.3 Å². The largest absolute Gasteiger partial charge is 0.457 e. The minimum atomic E-state index is -0.297. The van der Waals surface area contributed by atoms with Crippen LogP contribution in [-0.2, 0) is 7.05 Å². The van der Waals surface area contributed by atoms with Crippen molar-refractivity contribution in [1.29, 1.82) is 0 Å². The highest BCUT2D eigenvalue weighted by Gasteiger charge is 2.23. The predicted molar refractivity (Wildman–Crippen MR) is 151 cm³/mol. The first kappa shape index (κ1) is 26.1. The van der Waals surface area contributed by atoms with Crippen molar-refractivity contribution in [1.82, 2.24) is 9.88 Å². The maximum atomic E-state index is 13.8. The lowest BCUT2D eigenvalue weighted by Crippen LogP contribution is -2.40. The standard InChI is InChI=1S/C30H32FN3O3S/c1-16-9-19(13-23(10-16)37-27-17(2)11-20(31)12-18(27)3)25-15-34(4)30(36)24-14-26(38-28(24)25)29(35)33-22-7-5-21(32)6-8-22/h9-15,21-22H,5-8,32H2,1-4H3,(H,33,35). The molecule has 0 aliphatic heterocycles. The number of hydrogen-bond acceptors (Lipinski definition) is 5. The zero-order valence-electron chi connectivity index (χ0n) is 22.1. The van der Waals surface area contributed by atoms with Crippen LogP contribution in [0.5, 0.6) is 11.5 Å². The quantitative estimate of drug-likeness (QED) is 0.323. The van der Waals surface area contributed by atoms with E-state index in [2.05, 4.69) is 5.32 Å². The Balaban J connectivity index is 1.52. The van der Waals surface area contributed by atoms with Gasteiger partial charge >= 0.3 is 0 Å². The highest BCUT2D eigenvalue weighted by molar-refractivity contribution is 7.21. The molecule has 2 aromatic heterocycles. The number of aromatic nitrogens is 1. The van der Waals surface area contributed by atoms with Crippen LogP contribution in [0.3, 0.4) is 0 Å². The van der Waals surface area contributed by atoms with E-state index in [4.69, 9.17) is 10.5 Å². The number of benzene rings is 2. The van der Waals surface area contributed by atoms with Gasteiger partial charge in [-0.2, -0.15) is 0 Å². The summed E-state index contributed by atoms with van der Waals surface area (Å²) < 4.78 is 22.3. The molecule has 0 spiro atoms. The van der Waals surface area contributed by atoms with Crippen molar-refractivity contribution in [3.05, 3.63) is 80.3 Å². The van der Waals surface area contributed by atoms with E-state index in [1.165, 1.54) is 23.5 Å². The Kier molecular flexibility index (Phi) is 7.11. The molecule has 1 amide bonds. The molecule has 0 unspecified atom stereocenters. The second kappa shape index (κ2) is 10.3. The summed E-state index contributed by atoms with van der Waals surface area (Å²) in [4.78, 5) is 26.7. The van der Waals surface area contributed by atoms with E-state index in [9.17, 15) is 14.0 Å². The minimum absolute atomic E-state index is 0.102. The van der Waals surface area contributed by atoms with Crippen molar-refractivity contribution in [3.63, 3.8) is 0 Å². The molecule has 1 saturated carbocycles. The topological polar surface area (TPSA) is 86.3 Å². The number of nitrogens with zero attached hydrogens (tertiary/aromatic N) is 1. The van der Waals surface area contributed by atoms with Gasteiger partial charge in [-0.3, -0.25) is 9.59 Å². The minimum Gasteiger partial charge on any atom is -0.457 e. The first-order valence-corrected chi connectivity index (χ1v) is 13.7. The van der Waals surface area contributed by atoms with Crippen LogP contribution in [-0.4, -0.2) is 22.6 Å². The fourth-order valence-electron chi connectivity index (χ4n) is 5.23. The fourth-order valence-corrected chi connectivity index (χ4v) is 6.31. The van der Waals surface area contributed by atoms with Crippen LogP contribution in [0.4, 0.5) is 4.39 Å². The van der Waals surface area contributed by atoms with Gasteiger partial charge < -0.3 is 20.4 Å². The molecule has 8 heteroatoms. The SMILES string of the molecule is Cc1cc(Oc2c(C)cc(F)cc2C)cc(-c2cn(C)c(=O)c3cc(C(=O)NC4CCC(N)CC4)sc23)c1. The molecule has 0 saturated heterocycles. The molecule has 6 nitrogen and oxygen atoms in total. The molecule has 1 fully saturated rings. The molecule has 5 rings (SSSR count). The van der Waals surface area contributed by atoms with Crippen LogP contribution in [0, 0.1) is 26.6 Å². The van der Waals surface area contributed by atoms with Gasteiger partial charge in [0.1, 0.15) is 17.3 Å². The van der Waals surface area contributed by atoms with Crippen LogP contribution >= 0.6 is 11.3 Å². The normalized spacial score (nSPS) is 17.5. The van der Waals surface area contributed by atoms with E-state index >= 15 is 0 Å². The molecule has 2 aromatic carbocycles. The summed E-state index contributed by atoms with van der Waals surface area (Å²) in [6.45, 7) is 5.61. The molecule has 0 radical (unpaired) electrons. The van der Waals surface area contributed by atoms with Crippen molar-refractivity contribution >= 4 is 27.3 Å². The summed E-state index contributed by atoms with van der Waals surface area (Å²) >= 11 is 1.33. The Morgan fingerprint density at radius 3 is 2.42 bits per heavy atom. The summed E-state index contributed by atoms with van der Waals surface area (Å²) in [5.41, 5.74) is 9.97. The molecule has 1 aliphatic carbocycles. The molecule has 3 N–H and O–H groups in total. The van der Waals surface area contributed by atoms with Gasteiger partial charge in [0.2, 0.25) is 0 Å². The number of thiophene rings is 1. The number of amides is 1. The maximum Gasteiger partial charge on any atom is 0.261 e. The molecular formula is C30H32FN3O3S. The van der Waals surface area contributed by atoms with Crippen LogP contribution in [0.1, 0.15) is 52.0 Å².